The van der Waals surface area contributed by atoms with E-state index in [-0.39, 0.29) is 16.7 Å². The van der Waals surface area contributed by atoms with Crippen molar-refractivity contribution in [1.29, 1.82) is 0 Å². The van der Waals surface area contributed by atoms with Crippen LogP contribution in [0.4, 0.5) is 5.82 Å². The monoisotopic (exact) mass is 543 g/mol. The van der Waals surface area contributed by atoms with E-state index >= 15 is 0 Å². The highest BCUT2D eigenvalue weighted by Gasteiger charge is 2.40. The highest BCUT2D eigenvalue weighted by Crippen LogP contribution is 2.42. The van der Waals surface area contributed by atoms with E-state index < -0.39 is 0 Å². The standard InChI is InChI=1S/C34H49N5O/c1-7-34(8-2,30-22-24(3)38(37-30)27-18-14-11-15-19-27)21-20-29(40)31-25(4)36-39-32(31)35-28(23-33(39,5)6)26-16-12-9-10-13-17-26/h11,14-15,18-19,22,26,28,35H,7-10,12-13,16-17,20-21,23H2,1-6H3/t28-/m1/s1. The van der Waals surface area contributed by atoms with Crippen LogP contribution in [0.2, 0.25) is 0 Å². The van der Waals surface area contributed by atoms with Crippen LogP contribution in [0.3, 0.4) is 0 Å². The van der Waals surface area contributed by atoms with E-state index in [4.69, 9.17) is 10.2 Å². The van der Waals surface area contributed by atoms with Crippen molar-refractivity contribution in [3.05, 3.63) is 59.0 Å². The van der Waals surface area contributed by atoms with E-state index in [0.29, 0.717) is 18.4 Å². The van der Waals surface area contributed by atoms with E-state index in [1.54, 1.807) is 0 Å². The van der Waals surface area contributed by atoms with Gasteiger partial charge in [-0.05, 0) is 90.3 Å². The van der Waals surface area contributed by atoms with Crippen LogP contribution >= 0.6 is 0 Å². The van der Waals surface area contributed by atoms with E-state index in [0.717, 1.165) is 59.8 Å². The van der Waals surface area contributed by atoms with Crippen LogP contribution in [0, 0.1) is 19.8 Å². The highest BCUT2D eigenvalue weighted by atomic mass is 16.1. The van der Waals surface area contributed by atoms with Gasteiger partial charge >= 0.3 is 0 Å². The molecule has 0 amide bonds. The van der Waals surface area contributed by atoms with E-state index in [2.05, 4.69) is 62.8 Å². The number of nitrogens with zero attached hydrogens (tertiary/aromatic N) is 4. The molecule has 5 rings (SSSR count). The number of ketones is 1. The molecule has 40 heavy (non-hydrogen) atoms. The molecule has 1 fully saturated rings. The summed E-state index contributed by atoms with van der Waals surface area (Å²) in [5.41, 5.74) is 4.69. The minimum absolute atomic E-state index is 0.112. The lowest BCUT2D eigenvalue weighted by Crippen LogP contribution is -2.45. The van der Waals surface area contributed by atoms with Crippen molar-refractivity contribution in [2.45, 2.75) is 129 Å². The van der Waals surface area contributed by atoms with Gasteiger partial charge in [-0.1, -0.05) is 57.7 Å². The Morgan fingerprint density at radius 2 is 1.70 bits per heavy atom. The number of anilines is 1. The first-order valence-corrected chi connectivity index (χ1v) is 15.7. The number of aryl methyl sites for hydroxylation is 2. The fraction of sp³-hybridized carbons (Fsp3) is 0.618. The van der Waals surface area contributed by atoms with Crippen molar-refractivity contribution >= 4 is 11.6 Å². The predicted molar refractivity (Wildman–Crippen MR) is 164 cm³/mol. The number of Topliss-reactive ketones (excluding diaryl/α,β-unsaturated/α-hetero) is 1. The average molecular weight is 544 g/mol. The molecule has 216 valence electrons. The zero-order chi connectivity index (χ0) is 28.5. The number of fused-ring (bicyclic) bond motifs is 1. The Morgan fingerprint density at radius 1 is 1.02 bits per heavy atom. The number of carbonyl (C=O) groups is 1. The number of aromatic nitrogens is 4. The molecule has 2 aromatic heterocycles. The molecule has 1 aliphatic carbocycles. The molecule has 6 heteroatoms. The first kappa shape index (κ1) is 28.6. The quantitative estimate of drug-likeness (QED) is 0.218. The molecule has 3 heterocycles. The van der Waals surface area contributed by atoms with E-state index in [9.17, 15) is 4.79 Å². The van der Waals surface area contributed by atoms with Crippen LogP contribution in [0.15, 0.2) is 36.4 Å². The molecule has 0 radical (unpaired) electrons. The molecule has 1 aliphatic heterocycles. The number of hydrogen-bond donors (Lipinski definition) is 1. The Bertz CT molecular complexity index is 1310. The van der Waals surface area contributed by atoms with Gasteiger partial charge in [0.25, 0.3) is 0 Å². The van der Waals surface area contributed by atoms with Crippen LogP contribution in [-0.2, 0) is 11.0 Å². The minimum Gasteiger partial charge on any atom is -0.367 e. The highest BCUT2D eigenvalue weighted by molar-refractivity contribution is 6.02. The van der Waals surface area contributed by atoms with Crippen LogP contribution in [0.1, 0.15) is 126 Å². The first-order valence-electron chi connectivity index (χ1n) is 15.7. The second kappa shape index (κ2) is 11.5. The van der Waals surface area contributed by atoms with Crippen molar-refractivity contribution in [2.75, 3.05) is 5.32 Å². The van der Waals surface area contributed by atoms with E-state index in [1.807, 2.05) is 29.8 Å². The lowest BCUT2D eigenvalue weighted by Gasteiger charge is -2.41. The largest absolute Gasteiger partial charge is 0.367 e. The Balaban J connectivity index is 1.39. The maximum atomic E-state index is 14.0. The third kappa shape index (κ3) is 5.38. The fourth-order valence-corrected chi connectivity index (χ4v) is 7.42. The maximum Gasteiger partial charge on any atom is 0.168 e. The summed E-state index contributed by atoms with van der Waals surface area (Å²) in [4.78, 5) is 14.0. The molecular weight excluding hydrogens is 494 g/mol. The number of nitrogens with one attached hydrogen (secondary N) is 1. The normalized spacial score (nSPS) is 19.6. The average Bonchev–Trinajstić information content (AvgIpc) is 3.37. The summed E-state index contributed by atoms with van der Waals surface area (Å²) in [6.07, 6.45) is 12.1. The molecule has 0 bridgehead atoms. The summed E-state index contributed by atoms with van der Waals surface area (Å²) in [7, 11) is 0. The van der Waals surface area contributed by atoms with E-state index in [1.165, 1.54) is 38.5 Å². The van der Waals surface area contributed by atoms with Gasteiger partial charge in [-0.25, -0.2) is 9.36 Å². The molecule has 3 aromatic rings. The zero-order valence-corrected chi connectivity index (χ0v) is 25.6. The summed E-state index contributed by atoms with van der Waals surface area (Å²) in [5, 5.41) is 13.9. The molecule has 1 atom stereocenters. The lowest BCUT2D eigenvalue weighted by molar-refractivity contribution is 0.0967. The van der Waals surface area contributed by atoms with Crippen LogP contribution in [-0.4, -0.2) is 31.4 Å². The second-order valence-corrected chi connectivity index (χ2v) is 13.1. The van der Waals surface area contributed by atoms with Gasteiger partial charge in [-0.15, -0.1) is 0 Å². The topological polar surface area (TPSA) is 64.7 Å². The van der Waals surface area contributed by atoms with Crippen molar-refractivity contribution in [1.82, 2.24) is 19.6 Å². The third-order valence-electron chi connectivity index (χ3n) is 10.0. The smallest absolute Gasteiger partial charge is 0.168 e. The van der Waals surface area contributed by atoms with Crippen LogP contribution < -0.4 is 5.32 Å². The Kier molecular flexibility index (Phi) is 8.26. The lowest BCUT2D eigenvalue weighted by atomic mass is 9.74. The number of carbonyl (C=O) groups excluding carboxylic acids is 1. The van der Waals surface area contributed by atoms with Crippen molar-refractivity contribution < 1.29 is 4.79 Å². The molecule has 1 aromatic carbocycles. The molecule has 0 unspecified atom stereocenters. The number of hydrogen-bond acceptors (Lipinski definition) is 4. The number of rotatable bonds is 9. The maximum absolute atomic E-state index is 14.0. The first-order chi connectivity index (χ1) is 19.2. The van der Waals surface area contributed by atoms with Gasteiger partial charge in [0.1, 0.15) is 5.82 Å². The Morgan fingerprint density at radius 3 is 2.35 bits per heavy atom. The van der Waals surface area contributed by atoms with Gasteiger partial charge < -0.3 is 5.32 Å². The van der Waals surface area contributed by atoms with Crippen LogP contribution in [0.5, 0.6) is 0 Å². The number of benzene rings is 1. The van der Waals surface area contributed by atoms with Crippen molar-refractivity contribution in [3.63, 3.8) is 0 Å². The van der Waals surface area contributed by atoms with Gasteiger partial charge in [0.15, 0.2) is 5.78 Å². The SMILES string of the molecule is CCC(CC)(CCC(=O)c1c(C)nn2c1N[C@@H](C1CCCCCC1)CC2(C)C)c1cc(C)n(-c2ccccc2)n1. The Labute approximate surface area is 240 Å². The summed E-state index contributed by atoms with van der Waals surface area (Å²) >= 11 is 0. The summed E-state index contributed by atoms with van der Waals surface area (Å²) in [6.45, 7) is 13.2. The minimum atomic E-state index is -0.142. The summed E-state index contributed by atoms with van der Waals surface area (Å²) < 4.78 is 4.15. The number of para-hydroxylation sites is 1. The Hall–Kier alpha value is -2.89. The van der Waals surface area contributed by atoms with Gasteiger partial charge in [-0.2, -0.15) is 10.2 Å². The van der Waals surface area contributed by atoms with Crippen molar-refractivity contribution in [3.8, 4) is 5.69 Å². The second-order valence-electron chi connectivity index (χ2n) is 13.1. The summed E-state index contributed by atoms with van der Waals surface area (Å²) in [5.74, 6) is 1.83. The van der Waals surface area contributed by atoms with Gasteiger partial charge in [0.05, 0.1) is 28.2 Å². The molecule has 1 N–H and O–H groups in total. The van der Waals surface area contributed by atoms with Gasteiger partial charge in [0, 0.05) is 23.6 Å². The summed E-state index contributed by atoms with van der Waals surface area (Å²) in [6, 6.07) is 12.9. The van der Waals surface area contributed by atoms with Crippen LogP contribution in [0.25, 0.3) is 5.69 Å². The molecule has 0 saturated heterocycles. The molecule has 6 nitrogen and oxygen atoms in total. The predicted octanol–water partition coefficient (Wildman–Crippen LogP) is 8.30. The van der Waals surface area contributed by atoms with Gasteiger partial charge in [-0.3, -0.25) is 4.79 Å². The zero-order valence-electron chi connectivity index (χ0n) is 25.6. The molecule has 1 saturated carbocycles. The fourth-order valence-electron chi connectivity index (χ4n) is 7.42. The van der Waals surface area contributed by atoms with Crippen molar-refractivity contribution in [2.24, 2.45) is 5.92 Å². The molecule has 2 aliphatic rings. The molecular formula is C34H49N5O. The third-order valence-corrected chi connectivity index (χ3v) is 10.0. The van der Waals surface area contributed by atoms with Gasteiger partial charge in [0.2, 0.25) is 0 Å². The molecule has 0 spiro atoms.